The van der Waals surface area contributed by atoms with Crippen LogP contribution in [0.15, 0.2) is 67.0 Å². The Kier molecular flexibility index (Phi) is 6.81. The maximum atomic E-state index is 12.5. The summed E-state index contributed by atoms with van der Waals surface area (Å²) in [7, 11) is 0. The predicted molar refractivity (Wildman–Crippen MR) is 151 cm³/mol. The lowest BCUT2D eigenvalue weighted by molar-refractivity contribution is 0.0695. The molecule has 204 valence electrons. The fraction of sp³-hybridized carbons (Fsp3) is 0.267. The molecule has 0 unspecified atom stereocenters. The number of hydrogen-bond acceptors (Lipinski definition) is 7. The number of piperazine rings is 1. The van der Waals surface area contributed by atoms with Gasteiger partial charge in [0.2, 0.25) is 5.95 Å². The van der Waals surface area contributed by atoms with Gasteiger partial charge in [-0.05, 0) is 55.2 Å². The molecule has 2 aliphatic heterocycles. The number of benzene rings is 2. The molecule has 4 heterocycles. The average Bonchev–Trinajstić information content (AvgIpc) is 3.43. The number of nitrogens with zero attached hydrogens (tertiary/aromatic N) is 5. The van der Waals surface area contributed by atoms with E-state index in [2.05, 4.69) is 27.3 Å². The summed E-state index contributed by atoms with van der Waals surface area (Å²) in [6.45, 7) is 4.94. The van der Waals surface area contributed by atoms with E-state index in [4.69, 9.17) is 9.72 Å². The van der Waals surface area contributed by atoms with Gasteiger partial charge < -0.3 is 29.5 Å². The number of rotatable bonds is 6. The second-order valence-corrected chi connectivity index (χ2v) is 10.0. The van der Waals surface area contributed by atoms with Crippen LogP contribution in [0.4, 0.5) is 22.1 Å². The van der Waals surface area contributed by atoms with Gasteiger partial charge in [-0.1, -0.05) is 30.3 Å². The summed E-state index contributed by atoms with van der Waals surface area (Å²) in [5.41, 5.74) is 6.05. The van der Waals surface area contributed by atoms with Crippen LogP contribution in [-0.2, 0) is 24.2 Å². The van der Waals surface area contributed by atoms with E-state index in [0.717, 1.165) is 46.8 Å². The van der Waals surface area contributed by atoms with Crippen molar-refractivity contribution in [3.05, 3.63) is 94.9 Å². The summed E-state index contributed by atoms with van der Waals surface area (Å²) in [6, 6.07) is 17.5. The van der Waals surface area contributed by atoms with Crippen molar-refractivity contribution in [2.45, 2.75) is 26.4 Å². The number of hydrogen-bond donors (Lipinski definition) is 2. The van der Waals surface area contributed by atoms with E-state index in [1.54, 1.807) is 17.2 Å². The molecule has 0 spiro atoms. The van der Waals surface area contributed by atoms with Crippen LogP contribution in [0.3, 0.4) is 0 Å². The number of anilines is 3. The number of carbonyl (C=O) groups excluding carboxylic acids is 1. The Balaban J connectivity index is 1.09. The number of aryl methyl sites for hydroxylation is 2. The second kappa shape index (κ2) is 10.7. The first-order chi connectivity index (χ1) is 19.5. The first kappa shape index (κ1) is 25.4. The summed E-state index contributed by atoms with van der Waals surface area (Å²) < 4.78 is 7.34. The summed E-state index contributed by atoms with van der Waals surface area (Å²) in [6.07, 6.45) is 4.63. The smallest absolute Gasteiger partial charge is 0.410 e. The Morgan fingerprint density at radius 2 is 1.82 bits per heavy atom. The van der Waals surface area contributed by atoms with Crippen molar-refractivity contribution in [3.8, 4) is 5.82 Å². The third-order valence-electron chi connectivity index (χ3n) is 7.49. The number of carboxylic acid groups (broad SMARTS) is 1. The van der Waals surface area contributed by atoms with E-state index >= 15 is 0 Å². The minimum absolute atomic E-state index is 0.275. The van der Waals surface area contributed by atoms with Crippen molar-refractivity contribution in [1.29, 1.82) is 0 Å². The number of carbonyl (C=O) groups is 2. The molecule has 10 heteroatoms. The number of aromatic nitrogens is 3. The number of aromatic carboxylic acids is 1. The zero-order chi connectivity index (χ0) is 27.6. The fourth-order valence-electron chi connectivity index (χ4n) is 5.27. The lowest BCUT2D eigenvalue weighted by Crippen LogP contribution is -2.48. The Hall–Kier alpha value is -4.86. The number of fused-ring (bicyclic) bond motifs is 3. The van der Waals surface area contributed by atoms with Gasteiger partial charge in [0.15, 0.2) is 0 Å². The first-order valence-electron chi connectivity index (χ1n) is 13.3. The van der Waals surface area contributed by atoms with Gasteiger partial charge in [-0.2, -0.15) is 4.98 Å². The zero-order valence-corrected chi connectivity index (χ0v) is 22.2. The monoisotopic (exact) mass is 538 g/mol. The number of ether oxygens (including phenoxy) is 1. The van der Waals surface area contributed by atoms with Gasteiger partial charge >= 0.3 is 12.1 Å². The largest absolute Gasteiger partial charge is 0.478 e. The Bertz CT molecular complexity index is 1560. The summed E-state index contributed by atoms with van der Waals surface area (Å²) in [4.78, 5) is 37.3. The van der Waals surface area contributed by atoms with Crippen molar-refractivity contribution in [1.82, 2.24) is 19.4 Å². The average molecular weight is 539 g/mol. The van der Waals surface area contributed by atoms with E-state index in [1.807, 2.05) is 54.1 Å². The molecule has 10 nitrogen and oxygen atoms in total. The van der Waals surface area contributed by atoms with Crippen LogP contribution in [0, 0.1) is 6.92 Å². The van der Waals surface area contributed by atoms with Crippen molar-refractivity contribution in [2.24, 2.45) is 0 Å². The Labute approximate surface area is 231 Å². The Morgan fingerprint density at radius 1 is 1.02 bits per heavy atom. The lowest BCUT2D eigenvalue weighted by atomic mass is 10.0. The number of amides is 1. The van der Waals surface area contributed by atoms with Gasteiger partial charge in [0.25, 0.3) is 0 Å². The summed E-state index contributed by atoms with van der Waals surface area (Å²) in [5.74, 6) is 0.237. The molecule has 2 N–H and O–H groups in total. The molecule has 2 aromatic carbocycles. The molecule has 6 rings (SSSR count). The highest BCUT2D eigenvalue weighted by Crippen LogP contribution is 2.29. The fourth-order valence-corrected chi connectivity index (χ4v) is 5.27. The molecule has 4 aromatic rings. The highest BCUT2D eigenvalue weighted by atomic mass is 16.6. The maximum absolute atomic E-state index is 12.5. The quantitative estimate of drug-likeness (QED) is 0.367. The molecule has 2 aromatic heterocycles. The molecule has 2 aliphatic rings. The van der Waals surface area contributed by atoms with Crippen molar-refractivity contribution in [3.63, 3.8) is 0 Å². The first-order valence-corrected chi connectivity index (χ1v) is 13.3. The van der Waals surface area contributed by atoms with E-state index in [1.165, 1.54) is 0 Å². The molecule has 0 aliphatic carbocycles. The highest BCUT2D eigenvalue weighted by molar-refractivity contribution is 5.89. The minimum atomic E-state index is -0.926. The van der Waals surface area contributed by atoms with Gasteiger partial charge in [0, 0.05) is 61.2 Å². The molecule has 0 radical (unpaired) electrons. The molecular weight excluding hydrogens is 508 g/mol. The predicted octanol–water partition coefficient (Wildman–Crippen LogP) is 4.57. The third-order valence-corrected chi connectivity index (χ3v) is 7.49. The van der Waals surface area contributed by atoms with E-state index in [-0.39, 0.29) is 12.7 Å². The van der Waals surface area contributed by atoms with Crippen LogP contribution in [-0.4, -0.2) is 62.8 Å². The molecule has 1 amide bonds. The number of carboxylic acids is 1. The van der Waals surface area contributed by atoms with Crippen LogP contribution in [0.2, 0.25) is 0 Å². The van der Waals surface area contributed by atoms with Crippen molar-refractivity contribution >= 4 is 29.4 Å². The highest BCUT2D eigenvalue weighted by Gasteiger charge is 2.25. The van der Waals surface area contributed by atoms with Crippen LogP contribution >= 0.6 is 0 Å². The van der Waals surface area contributed by atoms with E-state index in [0.29, 0.717) is 43.3 Å². The Morgan fingerprint density at radius 3 is 2.58 bits per heavy atom. The molecule has 0 saturated carbocycles. The minimum Gasteiger partial charge on any atom is -0.478 e. The van der Waals surface area contributed by atoms with Crippen LogP contribution < -0.4 is 10.2 Å². The molecule has 40 heavy (non-hydrogen) atoms. The van der Waals surface area contributed by atoms with Gasteiger partial charge in [0.1, 0.15) is 12.4 Å². The number of nitrogens with one attached hydrogen (secondary N) is 1. The van der Waals surface area contributed by atoms with E-state index < -0.39 is 5.97 Å². The molecule has 1 fully saturated rings. The standard InChI is InChI=1S/C30H30N6O4/c1-20-17-23(34-13-15-35(16-14-34)30(39)40-19-21-5-3-2-4-6-21)8-9-25(20)32-29-31-18-22-7-10-26-24(28(37)38)11-12-36(26)27(22)33-29/h2-6,8-9,11-12,17-18H,7,10,13-16,19H2,1H3,(H,37,38)(H,31,32,33). The van der Waals surface area contributed by atoms with Gasteiger partial charge in [-0.25, -0.2) is 14.6 Å². The van der Waals surface area contributed by atoms with Crippen LogP contribution in [0.5, 0.6) is 0 Å². The zero-order valence-electron chi connectivity index (χ0n) is 22.2. The summed E-state index contributed by atoms with van der Waals surface area (Å²) in [5, 5.41) is 12.8. The van der Waals surface area contributed by atoms with Crippen molar-refractivity contribution < 1.29 is 19.4 Å². The molecule has 1 saturated heterocycles. The van der Waals surface area contributed by atoms with Gasteiger partial charge in [-0.3, -0.25) is 0 Å². The van der Waals surface area contributed by atoms with E-state index in [9.17, 15) is 14.7 Å². The second-order valence-electron chi connectivity index (χ2n) is 10.0. The maximum Gasteiger partial charge on any atom is 0.410 e. The van der Waals surface area contributed by atoms with Gasteiger partial charge in [0.05, 0.1) is 5.56 Å². The molecule has 0 bridgehead atoms. The van der Waals surface area contributed by atoms with Crippen molar-refractivity contribution in [2.75, 3.05) is 36.4 Å². The van der Waals surface area contributed by atoms with Crippen LogP contribution in [0.25, 0.3) is 5.82 Å². The summed E-state index contributed by atoms with van der Waals surface area (Å²) >= 11 is 0. The topological polar surface area (TPSA) is 113 Å². The molecule has 0 atom stereocenters. The lowest BCUT2D eigenvalue weighted by Gasteiger charge is -2.35. The van der Waals surface area contributed by atoms with Gasteiger partial charge in [-0.15, -0.1) is 0 Å². The normalized spacial score (nSPS) is 14.3. The SMILES string of the molecule is Cc1cc(N2CCN(C(=O)OCc3ccccc3)CC2)ccc1Nc1ncc2c(n1)-n1ccc(C(=O)O)c1CC2. The molecular formula is C30H30N6O4. The third kappa shape index (κ3) is 5.07. The van der Waals surface area contributed by atoms with Crippen LogP contribution in [0.1, 0.15) is 32.7 Å².